The van der Waals surface area contributed by atoms with Crippen molar-refractivity contribution in [3.05, 3.63) is 180 Å². The van der Waals surface area contributed by atoms with Gasteiger partial charge in [-0.2, -0.15) is 0 Å². The topological polar surface area (TPSA) is 219 Å². The summed E-state index contributed by atoms with van der Waals surface area (Å²) in [5.41, 5.74) is 8.16. The van der Waals surface area contributed by atoms with E-state index in [0.29, 0.717) is 78.7 Å². The second-order valence-electron chi connectivity index (χ2n) is 40.1. The summed E-state index contributed by atoms with van der Waals surface area (Å²) in [6.07, 6.45) is 24.9. The normalized spacial score (nSPS) is 26.7. The van der Waals surface area contributed by atoms with Gasteiger partial charge in [0.2, 0.25) is 0 Å². The molecule has 5 aromatic carbocycles. The van der Waals surface area contributed by atoms with E-state index in [1.54, 1.807) is 0 Å². The van der Waals surface area contributed by atoms with Crippen LogP contribution in [0.5, 0.6) is 23.0 Å². The van der Waals surface area contributed by atoms with Gasteiger partial charge in [0.05, 0.1) is 176 Å². The molecule has 127 heavy (non-hydrogen) atoms. The molecule has 9 heterocycles. The third-order valence-corrected chi connectivity index (χ3v) is 29.3. The minimum absolute atomic E-state index is 0.0434. The Morgan fingerprint density at radius 2 is 0.803 bits per heavy atom. The molecule has 2 bridgehead atoms. The van der Waals surface area contributed by atoms with Crippen molar-refractivity contribution in [1.29, 1.82) is 0 Å². The van der Waals surface area contributed by atoms with Crippen LogP contribution in [0.1, 0.15) is 211 Å². The first-order chi connectivity index (χ1) is 61.6. The highest BCUT2D eigenvalue weighted by Crippen LogP contribution is 2.52. The molecule has 9 saturated heterocycles. The first kappa shape index (κ1) is 97.8. The van der Waals surface area contributed by atoms with E-state index in [-0.39, 0.29) is 64.8 Å². The highest BCUT2D eigenvalue weighted by molar-refractivity contribution is 5.72. The van der Waals surface area contributed by atoms with Crippen LogP contribution in [-0.2, 0) is 99.9 Å². The first-order valence-electron chi connectivity index (χ1n) is 48.1. The number of fused-ring (bicyclic) bond motifs is 5. The van der Waals surface area contributed by atoms with Crippen molar-refractivity contribution in [2.24, 2.45) is 68.5 Å². The number of rotatable bonds is 42. The fourth-order valence-corrected chi connectivity index (χ4v) is 17.9. The van der Waals surface area contributed by atoms with Gasteiger partial charge in [-0.25, -0.2) is 0 Å². The molecule has 1 N–H and O–H groups in total. The number of benzene rings is 5. The summed E-state index contributed by atoms with van der Waals surface area (Å²) in [7, 11) is 0. The zero-order chi connectivity index (χ0) is 89.2. The van der Waals surface area contributed by atoms with E-state index in [9.17, 15) is 9.90 Å². The molecule has 5 aromatic rings. The number of epoxide rings is 2. The average molecular weight is 1760 g/mol. The van der Waals surface area contributed by atoms with Crippen LogP contribution in [0.2, 0.25) is 0 Å². The molecule has 21 nitrogen and oxygen atoms in total. The van der Waals surface area contributed by atoms with Gasteiger partial charge in [-0.05, 0) is 233 Å². The van der Waals surface area contributed by atoms with Crippen molar-refractivity contribution in [1.82, 2.24) is 0 Å². The van der Waals surface area contributed by atoms with E-state index < -0.39 is 6.10 Å². The van der Waals surface area contributed by atoms with Gasteiger partial charge in [0, 0.05) is 37.9 Å². The van der Waals surface area contributed by atoms with E-state index in [2.05, 4.69) is 160 Å². The van der Waals surface area contributed by atoms with Gasteiger partial charge in [-0.1, -0.05) is 148 Å². The molecule has 5 aliphatic carbocycles. The van der Waals surface area contributed by atoms with Crippen LogP contribution in [-0.4, -0.2) is 194 Å². The van der Waals surface area contributed by atoms with Gasteiger partial charge < -0.3 is 95.1 Å². The lowest BCUT2D eigenvalue weighted by atomic mass is 9.78. The van der Waals surface area contributed by atoms with Crippen LogP contribution in [0.15, 0.2) is 147 Å². The maximum atomic E-state index is 12.0. The molecule has 0 radical (unpaired) electrons. The number of aliphatic hydroxyl groups excluding tert-OH is 1. The minimum atomic E-state index is -0.764. The smallest absolute Gasteiger partial charge is 0.309 e. The quantitative estimate of drug-likeness (QED) is 0.0218. The molecule has 0 spiro atoms. The third kappa shape index (κ3) is 29.2. The molecule has 9 aliphatic heterocycles. The number of aliphatic hydroxyl groups is 1. The lowest BCUT2D eigenvalue weighted by Gasteiger charge is -2.44. The van der Waals surface area contributed by atoms with Gasteiger partial charge in [-0.3, -0.25) is 4.79 Å². The fourth-order valence-electron chi connectivity index (χ4n) is 17.9. The largest absolute Gasteiger partial charge is 0.502 e. The molecule has 0 amide bonds. The molecule has 5 saturated carbocycles. The summed E-state index contributed by atoms with van der Waals surface area (Å²) >= 11 is 0. The zero-order valence-corrected chi connectivity index (χ0v) is 78.1. The Kier molecular flexibility index (Phi) is 36.3. The van der Waals surface area contributed by atoms with E-state index in [0.717, 1.165) is 206 Å². The Balaban J connectivity index is 0.000000143. The number of carbonyl (C=O) groups excluding carboxylic acids is 1. The molecule has 702 valence electrons. The Hall–Kier alpha value is -6.67. The predicted molar refractivity (Wildman–Crippen MR) is 489 cm³/mol. The summed E-state index contributed by atoms with van der Waals surface area (Å²) in [6.45, 7) is 45.2. The fraction of sp³-hybridized carbons (Fsp3) is 0.670. The lowest BCUT2D eigenvalue weighted by molar-refractivity contribution is -0.395. The molecular weight excluding hydrogens is 1610 g/mol. The van der Waals surface area contributed by atoms with E-state index in [4.69, 9.17) is 90.0 Å². The van der Waals surface area contributed by atoms with Gasteiger partial charge in [-0.15, -0.1) is 0 Å². The summed E-state index contributed by atoms with van der Waals surface area (Å²) in [4.78, 5) is 12.0. The Labute approximate surface area is 758 Å². The number of ether oxygens (including phenoxy) is 19. The van der Waals surface area contributed by atoms with Crippen molar-refractivity contribution in [2.45, 2.75) is 233 Å². The number of hydrogen-bond acceptors (Lipinski definition) is 21. The molecular formula is C106H152O21. The minimum Gasteiger partial charge on any atom is -0.502 e. The summed E-state index contributed by atoms with van der Waals surface area (Å²) in [5, 5.41) is 10.5. The van der Waals surface area contributed by atoms with Crippen LogP contribution >= 0.6 is 0 Å². The lowest BCUT2D eigenvalue weighted by Crippen LogP contribution is -2.51. The van der Waals surface area contributed by atoms with Crippen LogP contribution in [0.25, 0.3) is 0 Å². The maximum absolute atomic E-state index is 12.0. The van der Waals surface area contributed by atoms with Gasteiger partial charge in [0.1, 0.15) is 55.0 Å². The molecule has 8 atom stereocenters. The van der Waals surface area contributed by atoms with Crippen molar-refractivity contribution in [3.63, 3.8) is 0 Å². The van der Waals surface area contributed by atoms with Crippen LogP contribution < -0.4 is 18.9 Å². The zero-order valence-electron chi connectivity index (χ0n) is 78.1. The summed E-state index contributed by atoms with van der Waals surface area (Å²) in [6, 6.07) is 41.4. The van der Waals surface area contributed by atoms with E-state index >= 15 is 0 Å². The third-order valence-electron chi connectivity index (χ3n) is 29.3. The Morgan fingerprint density at radius 1 is 0.417 bits per heavy atom. The number of hydrogen-bond donors (Lipinski definition) is 1. The second kappa shape index (κ2) is 47.1. The molecule has 19 rings (SSSR count). The SMILES string of the molecule is C=COCC1CCC(COC=C)CC1.CC(C)(c1ccc(OCC(O)COc2ccc(C(C)(C)c3ccc(OCC4CO4)cc3)cc2)cc1)c1ccc(OCC2CC2)cc1.CCC1(COCC2(CC)COC2)COC1.CCC1(COCc2ccc(COCC3(CC)COC3)cc2)COC1.CCC12COC(OC1)OC2.O=C(OCC1CCC2CC2C1)C1CCC2OC2C1. The average Bonchev–Trinajstić information content (AvgIpc) is 1.77. The van der Waals surface area contributed by atoms with E-state index in [1.807, 2.05) is 36.4 Å². The summed E-state index contributed by atoms with van der Waals surface area (Å²) in [5.74, 6) is 8.18. The van der Waals surface area contributed by atoms with Crippen LogP contribution in [0.4, 0.5) is 0 Å². The van der Waals surface area contributed by atoms with Gasteiger partial charge in [0.15, 0.2) is 0 Å². The monoisotopic (exact) mass is 1760 g/mol. The standard InChI is InChI=1S/C40H46O6.C20H30O4.C15H22O3.C12H22O3.C12H20O2.C7H12O3/c1-39(2,29-7-15-34(16-8-29)42-23-28-5-6-28)30-9-17-35(18-10-30)43-24-33(41)25-44-36-19-11-31(12-20-36)40(3,4)32-13-21-37(22-14-32)45-26-38-27-46-38;1-3-19(13-23-14-19)11-21-9-17-5-7-18(8-6-17)10-22-12-20(4-2)15-24-16-20;16-15(11-3-4-13-14(7-11)18-13)17-8-9-1-2-10-6-12(10)5-9;1-3-11(5-13-6-11)9-15-10-12(4-2)7-14-8-12;1-3-13-9-11-5-7-12(8-6-11)10-14-4-2;1-2-7-3-8-6(9-4-7)10-5-7/h7-22,28,33,38,41H,5-6,23-27H2,1-4H3;5-8H,3-4,9-16H2,1-2H3;9-14H,1-8H2;3-10H2,1-2H3;3-4,11-12H,1-2,5-10H2;6H,2-5H2,1H3. The first-order valence-corrected chi connectivity index (χ1v) is 48.1. The molecule has 8 unspecified atom stereocenters. The van der Waals surface area contributed by atoms with Gasteiger partial charge in [0.25, 0.3) is 6.48 Å². The van der Waals surface area contributed by atoms with E-state index in [1.165, 1.54) is 110 Å². The molecule has 14 aliphatic rings. The molecule has 0 aromatic heterocycles. The Morgan fingerprint density at radius 3 is 1.16 bits per heavy atom. The maximum Gasteiger partial charge on any atom is 0.309 e. The van der Waals surface area contributed by atoms with Crippen LogP contribution in [0.3, 0.4) is 0 Å². The number of carbonyl (C=O) groups is 1. The van der Waals surface area contributed by atoms with Crippen molar-refractivity contribution in [2.75, 3.05) is 152 Å². The van der Waals surface area contributed by atoms with Crippen LogP contribution in [0, 0.1) is 68.5 Å². The Bertz CT molecular complexity index is 3790. The highest BCUT2D eigenvalue weighted by Gasteiger charge is 2.48. The highest BCUT2D eigenvalue weighted by atomic mass is 16.9. The molecule has 21 heteroatoms. The second-order valence-corrected chi connectivity index (χ2v) is 40.1. The molecule has 14 fully saturated rings. The summed E-state index contributed by atoms with van der Waals surface area (Å²) < 4.78 is 105. The number of esters is 1. The van der Waals surface area contributed by atoms with Crippen molar-refractivity contribution < 1.29 is 99.9 Å². The van der Waals surface area contributed by atoms with Gasteiger partial charge >= 0.3 is 5.97 Å². The predicted octanol–water partition coefficient (Wildman–Crippen LogP) is 19.5. The van der Waals surface area contributed by atoms with Crippen molar-refractivity contribution >= 4 is 5.97 Å². The van der Waals surface area contributed by atoms with Crippen molar-refractivity contribution in [3.8, 4) is 23.0 Å².